The lowest BCUT2D eigenvalue weighted by Gasteiger charge is -2.15. The summed E-state index contributed by atoms with van der Waals surface area (Å²) in [6.45, 7) is 14.2. The van der Waals surface area contributed by atoms with Gasteiger partial charge in [0, 0.05) is 0 Å². The van der Waals surface area contributed by atoms with Crippen LogP contribution in [0.25, 0.3) is 0 Å². The molecule has 92 valence electrons. The van der Waals surface area contributed by atoms with Gasteiger partial charge in [-0.3, -0.25) is 0 Å². The molecule has 1 rings (SSSR count). The molecule has 0 heterocycles. The van der Waals surface area contributed by atoms with Crippen LogP contribution in [0.3, 0.4) is 0 Å². The third-order valence-corrected chi connectivity index (χ3v) is 4.05. The van der Waals surface area contributed by atoms with Gasteiger partial charge in [-0.15, -0.1) is 6.58 Å². The van der Waals surface area contributed by atoms with Gasteiger partial charge in [-0.2, -0.15) is 0 Å². The van der Waals surface area contributed by atoms with Gasteiger partial charge >= 0.3 is 0 Å². The molecule has 16 heavy (non-hydrogen) atoms. The molecule has 0 amide bonds. The zero-order valence-electron chi connectivity index (χ0n) is 11.8. The zero-order valence-corrected chi connectivity index (χ0v) is 11.8. The second-order valence-electron chi connectivity index (χ2n) is 6.51. The Kier molecular flexibility index (Phi) is 5.65. The molecule has 0 aromatic rings. The summed E-state index contributed by atoms with van der Waals surface area (Å²) in [5.74, 6) is 3.03. The molecule has 0 N–H and O–H groups in total. The van der Waals surface area contributed by atoms with Crippen LogP contribution in [0, 0.1) is 17.8 Å². The highest BCUT2D eigenvalue weighted by atomic mass is 14.4. The van der Waals surface area contributed by atoms with E-state index in [1.54, 1.807) is 0 Å². The van der Waals surface area contributed by atoms with Crippen molar-refractivity contribution in [2.75, 3.05) is 0 Å². The third kappa shape index (κ3) is 5.77. The van der Waals surface area contributed by atoms with Gasteiger partial charge in [0.2, 0.25) is 0 Å². The standard InChI is InChI=1S/C15H29B/c1-12(2)10-16(5)11-13(3)7-6-8-15-9-14(15)4/h13-15H,1,6-11H2,2-5H3/t13-,14?,15?/m0/s1. The van der Waals surface area contributed by atoms with E-state index < -0.39 is 0 Å². The Balaban J connectivity index is 2.01. The number of allylic oxidation sites excluding steroid dienone is 1. The van der Waals surface area contributed by atoms with E-state index in [9.17, 15) is 0 Å². The molecule has 1 aliphatic rings. The van der Waals surface area contributed by atoms with Crippen molar-refractivity contribution in [3.8, 4) is 0 Å². The highest BCUT2D eigenvalue weighted by molar-refractivity contribution is 6.58. The van der Waals surface area contributed by atoms with Gasteiger partial charge in [-0.1, -0.05) is 64.1 Å². The quantitative estimate of drug-likeness (QED) is 0.392. The second-order valence-corrected chi connectivity index (χ2v) is 6.51. The summed E-state index contributed by atoms with van der Waals surface area (Å²) in [7, 11) is 0. The van der Waals surface area contributed by atoms with Crippen molar-refractivity contribution in [3.63, 3.8) is 0 Å². The molecule has 0 nitrogen and oxygen atoms in total. The molecule has 2 unspecified atom stereocenters. The molecule has 0 saturated heterocycles. The van der Waals surface area contributed by atoms with Gasteiger partial charge in [-0.25, -0.2) is 0 Å². The lowest BCUT2D eigenvalue weighted by atomic mass is 9.44. The third-order valence-electron chi connectivity index (χ3n) is 4.05. The van der Waals surface area contributed by atoms with E-state index in [0.717, 1.165) is 24.5 Å². The molecule has 0 aromatic heterocycles. The van der Waals surface area contributed by atoms with E-state index in [4.69, 9.17) is 0 Å². The van der Waals surface area contributed by atoms with Crippen molar-refractivity contribution < 1.29 is 0 Å². The van der Waals surface area contributed by atoms with Crippen LogP contribution in [0.4, 0.5) is 0 Å². The Labute approximate surface area is 103 Å². The molecule has 0 radical (unpaired) electrons. The molecule has 1 fully saturated rings. The van der Waals surface area contributed by atoms with E-state index in [1.165, 1.54) is 43.9 Å². The number of hydrogen-bond acceptors (Lipinski definition) is 0. The number of hydrogen-bond donors (Lipinski definition) is 0. The van der Waals surface area contributed by atoms with Crippen LogP contribution in [0.2, 0.25) is 19.5 Å². The molecule has 1 saturated carbocycles. The van der Waals surface area contributed by atoms with Gasteiger partial charge in [0.1, 0.15) is 6.71 Å². The molecule has 1 aliphatic carbocycles. The first-order valence-electron chi connectivity index (χ1n) is 7.13. The summed E-state index contributed by atoms with van der Waals surface area (Å²) in [4.78, 5) is 0. The van der Waals surface area contributed by atoms with Gasteiger partial charge in [0.25, 0.3) is 0 Å². The predicted octanol–water partition coefficient (Wildman–Crippen LogP) is 5.15. The minimum atomic E-state index is 0.826. The maximum atomic E-state index is 4.00. The van der Waals surface area contributed by atoms with E-state index in [-0.39, 0.29) is 0 Å². The van der Waals surface area contributed by atoms with Crippen molar-refractivity contribution in [2.24, 2.45) is 17.8 Å². The van der Waals surface area contributed by atoms with E-state index in [0.29, 0.717) is 0 Å². The van der Waals surface area contributed by atoms with Crippen molar-refractivity contribution in [1.29, 1.82) is 0 Å². The fraction of sp³-hybridized carbons (Fsp3) is 0.867. The van der Waals surface area contributed by atoms with Crippen molar-refractivity contribution in [1.82, 2.24) is 0 Å². The summed E-state index contributed by atoms with van der Waals surface area (Å²) in [6.07, 6.45) is 8.47. The second kappa shape index (κ2) is 6.52. The molecular weight excluding hydrogens is 191 g/mol. The lowest BCUT2D eigenvalue weighted by Crippen LogP contribution is -2.11. The van der Waals surface area contributed by atoms with Crippen LogP contribution >= 0.6 is 0 Å². The molecule has 0 aliphatic heterocycles. The smallest absolute Gasteiger partial charge is 0.101 e. The van der Waals surface area contributed by atoms with Crippen molar-refractivity contribution in [2.45, 2.75) is 65.9 Å². The van der Waals surface area contributed by atoms with Crippen LogP contribution in [-0.4, -0.2) is 6.71 Å². The first-order valence-corrected chi connectivity index (χ1v) is 7.13. The Hall–Kier alpha value is -0.195. The van der Waals surface area contributed by atoms with Crippen molar-refractivity contribution >= 4 is 6.71 Å². The van der Waals surface area contributed by atoms with Crippen LogP contribution in [0.1, 0.15) is 46.5 Å². The summed E-state index contributed by atoms with van der Waals surface area (Å²) in [6, 6.07) is 0. The van der Waals surface area contributed by atoms with Gasteiger partial charge in [0.05, 0.1) is 0 Å². The lowest BCUT2D eigenvalue weighted by molar-refractivity contribution is 0.508. The first-order chi connectivity index (χ1) is 7.49. The highest BCUT2D eigenvalue weighted by Gasteiger charge is 2.31. The molecule has 0 aromatic carbocycles. The summed E-state index contributed by atoms with van der Waals surface area (Å²) >= 11 is 0. The average molecular weight is 220 g/mol. The normalized spacial score (nSPS) is 25.2. The van der Waals surface area contributed by atoms with E-state index >= 15 is 0 Å². The molecule has 0 bridgehead atoms. The van der Waals surface area contributed by atoms with Crippen LogP contribution in [-0.2, 0) is 0 Å². The highest BCUT2D eigenvalue weighted by Crippen LogP contribution is 2.41. The largest absolute Gasteiger partial charge is 0.141 e. The van der Waals surface area contributed by atoms with E-state index in [1.807, 2.05) is 0 Å². The maximum Gasteiger partial charge on any atom is 0.141 e. The fourth-order valence-corrected chi connectivity index (χ4v) is 3.01. The van der Waals surface area contributed by atoms with Crippen LogP contribution in [0.5, 0.6) is 0 Å². The molecule has 3 atom stereocenters. The Bertz CT molecular complexity index is 221. The van der Waals surface area contributed by atoms with Crippen LogP contribution in [0.15, 0.2) is 12.2 Å². The summed E-state index contributed by atoms with van der Waals surface area (Å²) < 4.78 is 0. The molecule has 0 spiro atoms. The average Bonchev–Trinajstić information content (AvgIpc) is 2.79. The van der Waals surface area contributed by atoms with Gasteiger partial charge in [-0.05, 0) is 25.2 Å². The predicted molar refractivity (Wildman–Crippen MR) is 76.3 cm³/mol. The summed E-state index contributed by atoms with van der Waals surface area (Å²) in [5, 5.41) is 0. The SMILES string of the molecule is C=C(C)CB(C)C[C@@H](C)CCCC1CC1C. The number of rotatable bonds is 8. The maximum absolute atomic E-state index is 4.00. The topological polar surface area (TPSA) is 0 Å². The Morgan fingerprint density at radius 1 is 1.50 bits per heavy atom. The minimum Gasteiger partial charge on any atom is -0.101 e. The molecular formula is C15H29B. The fourth-order valence-electron chi connectivity index (χ4n) is 3.01. The van der Waals surface area contributed by atoms with Crippen LogP contribution < -0.4 is 0 Å². The summed E-state index contributed by atoms with van der Waals surface area (Å²) in [5.41, 5.74) is 1.34. The molecule has 1 heteroatoms. The van der Waals surface area contributed by atoms with E-state index in [2.05, 4.69) is 34.2 Å². The van der Waals surface area contributed by atoms with Gasteiger partial charge < -0.3 is 0 Å². The minimum absolute atomic E-state index is 0.826. The Morgan fingerprint density at radius 2 is 2.12 bits per heavy atom. The zero-order chi connectivity index (χ0) is 12.1. The van der Waals surface area contributed by atoms with Gasteiger partial charge in [0.15, 0.2) is 0 Å². The monoisotopic (exact) mass is 220 g/mol. The van der Waals surface area contributed by atoms with Crippen molar-refractivity contribution in [3.05, 3.63) is 12.2 Å². The first kappa shape index (κ1) is 13.9. The Morgan fingerprint density at radius 3 is 2.62 bits per heavy atom.